The molecule has 0 radical (unpaired) electrons. The van der Waals surface area contributed by atoms with E-state index in [4.69, 9.17) is 5.26 Å². The van der Waals surface area contributed by atoms with Crippen LogP contribution in [0.5, 0.6) is 0 Å². The molecular formula is C13H10BrFN2S. The number of halogens is 2. The maximum atomic E-state index is 13.1. The van der Waals surface area contributed by atoms with Crippen molar-refractivity contribution in [1.82, 2.24) is 5.32 Å². The van der Waals surface area contributed by atoms with Crippen molar-refractivity contribution in [3.8, 4) is 6.07 Å². The van der Waals surface area contributed by atoms with Crippen molar-refractivity contribution >= 4 is 27.3 Å². The van der Waals surface area contributed by atoms with E-state index in [0.29, 0.717) is 6.54 Å². The molecule has 0 atom stereocenters. The number of benzene rings is 1. The molecule has 0 saturated carbocycles. The molecule has 0 amide bonds. The normalized spacial score (nSPS) is 10.3. The monoisotopic (exact) mass is 324 g/mol. The van der Waals surface area contributed by atoms with Crippen molar-refractivity contribution in [3.63, 3.8) is 0 Å². The molecule has 18 heavy (non-hydrogen) atoms. The lowest BCUT2D eigenvalue weighted by atomic mass is 10.1. The van der Waals surface area contributed by atoms with Gasteiger partial charge in [-0.05, 0) is 39.7 Å². The minimum atomic E-state index is -0.469. The predicted molar refractivity (Wildman–Crippen MR) is 73.7 cm³/mol. The molecule has 0 bridgehead atoms. The molecular weight excluding hydrogens is 315 g/mol. The molecule has 0 saturated heterocycles. The number of hydrogen-bond donors (Lipinski definition) is 1. The summed E-state index contributed by atoms with van der Waals surface area (Å²) in [6.07, 6.45) is 0. The zero-order valence-electron chi connectivity index (χ0n) is 9.41. The second-order valence-electron chi connectivity index (χ2n) is 3.76. The van der Waals surface area contributed by atoms with E-state index in [2.05, 4.69) is 27.3 Å². The van der Waals surface area contributed by atoms with Gasteiger partial charge in [0.15, 0.2) is 0 Å². The van der Waals surface area contributed by atoms with E-state index in [1.165, 1.54) is 10.9 Å². The summed E-state index contributed by atoms with van der Waals surface area (Å²) in [5, 5.41) is 14.0. The highest BCUT2D eigenvalue weighted by Gasteiger charge is 2.03. The van der Waals surface area contributed by atoms with E-state index in [-0.39, 0.29) is 5.56 Å². The molecule has 1 aromatic carbocycles. The number of rotatable bonds is 4. The van der Waals surface area contributed by atoms with Gasteiger partial charge in [-0.1, -0.05) is 6.07 Å². The molecule has 2 nitrogen and oxygen atoms in total. The lowest BCUT2D eigenvalue weighted by molar-refractivity contribution is 0.621. The Morgan fingerprint density at radius 3 is 2.83 bits per heavy atom. The predicted octanol–water partition coefficient (Wildman–Crippen LogP) is 3.81. The number of nitrogens with one attached hydrogen (secondary N) is 1. The van der Waals surface area contributed by atoms with Crippen LogP contribution in [0.1, 0.15) is 16.0 Å². The first-order valence-electron chi connectivity index (χ1n) is 5.31. The molecule has 1 heterocycles. The van der Waals surface area contributed by atoms with Crippen LogP contribution in [-0.2, 0) is 13.1 Å². The zero-order valence-corrected chi connectivity index (χ0v) is 11.8. The first-order chi connectivity index (χ1) is 8.69. The lowest BCUT2D eigenvalue weighted by Crippen LogP contribution is -2.11. The standard InChI is InChI=1S/C13H10BrFN2S/c14-11-4-12(18-8-11)7-17-6-9-1-2-13(15)10(3-9)5-16/h1-4,8,17H,6-7H2. The average Bonchev–Trinajstić information content (AvgIpc) is 2.77. The third-order valence-corrected chi connectivity index (χ3v) is 4.10. The van der Waals surface area contributed by atoms with Gasteiger partial charge < -0.3 is 5.32 Å². The fraction of sp³-hybridized carbons (Fsp3) is 0.154. The van der Waals surface area contributed by atoms with Gasteiger partial charge in [-0.3, -0.25) is 0 Å². The Kier molecular flexibility index (Phi) is 4.48. The van der Waals surface area contributed by atoms with Gasteiger partial charge in [0.05, 0.1) is 5.56 Å². The Hall–Kier alpha value is -1.22. The molecule has 1 N–H and O–H groups in total. The van der Waals surface area contributed by atoms with E-state index < -0.39 is 5.82 Å². The molecule has 92 valence electrons. The molecule has 0 aliphatic rings. The quantitative estimate of drug-likeness (QED) is 0.928. The number of thiophene rings is 1. The molecule has 0 fully saturated rings. The van der Waals surface area contributed by atoms with E-state index >= 15 is 0 Å². The highest BCUT2D eigenvalue weighted by Crippen LogP contribution is 2.19. The van der Waals surface area contributed by atoms with Crippen molar-refractivity contribution in [2.24, 2.45) is 0 Å². The van der Waals surface area contributed by atoms with Gasteiger partial charge in [0.25, 0.3) is 0 Å². The van der Waals surface area contributed by atoms with Crippen LogP contribution in [-0.4, -0.2) is 0 Å². The van der Waals surface area contributed by atoms with Crippen molar-refractivity contribution in [2.45, 2.75) is 13.1 Å². The van der Waals surface area contributed by atoms with Crippen LogP contribution in [0.3, 0.4) is 0 Å². The second-order valence-corrected chi connectivity index (χ2v) is 5.67. The van der Waals surface area contributed by atoms with Gasteiger partial charge in [-0.15, -0.1) is 11.3 Å². The Morgan fingerprint density at radius 2 is 2.17 bits per heavy atom. The minimum absolute atomic E-state index is 0.0909. The van der Waals surface area contributed by atoms with E-state index in [0.717, 1.165) is 16.6 Å². The molecule has 0 aliphatic carbocycles. The van der Waals surface area contributed by atoms with Crippen molar-refractivity contribution in [2.75, 3.05) is 0 Å². The zero-order chi connectivity index (χ0) is 13.0. The van der Waals surface area contributed by atoms with Crippen LogP contribution in [0, 0.1) is 17.1 Å². The molecule has 0 aliphatic heterocycles. The van der Waals surface area contributed by atoms with Crippen LogP contribution < -0.4 is 5.32 Å². The molecule has 1 aromatic heterocycles. The minimum Gasteiger partial charge on any atom is -0.308 e. The van der Waals surface area contributed by atoms with Gasteiger partial charge >= 0.3 is 0 Å². The maximum absolute atomic E-state index is 13.1. The topological polar surface area (TPSA) is 35.8 Å². The van der Waals surface area contributed by atoms with E-state index in [9.17, 15) is 4.39 Å². The Bertz CT molecular complexity index is 589. The van der Waals surface area contributed by atoms with Crippen LogP contribution >= 0.6 is 27.3 Å². The summed E-state index contributed by atoms with van der Waals surface area (Å²) in [6, 6.07) is 8.49. The first-order valence-corrected chi connectivity index (χ1v) is 6.98. The maximum Gasteiger partial charge on any atom is 0.140 e. The Labute approximate surface area is 117 Å². The molecule has 2 aromatic rings. The molecule has 0 unspecified atom stereocenters. The summed E-state index contributed by atoms with van der Waals surface area (Å²) >= 11 is 5.07. The van der Waals surface area contributed by atoms with E-state index in [1.807, 2.05) is 11.4 Å². The first kappa shape index (κ1) is 13.2. The summed E-state index contributed by atoms with van der Waals surface area (Å²) in [6.45, 7) is 1.38. The SMILES string of the molecule is N#Cc1cc(CNCc2cc(Br)cs2)ccc1F. The molecule has 5 heteroatoms. The van der Waals surface area contributed by atoms with Gasteiger partial charge in [0.1, 0.15) is 11.9 Å². The fourth-order valence-corrected chi connectivity index (χ4v) is 2.97. The van der Waals surface area contributed by atoms with Gasteiger partial charge in [-0.25, -0.2) is 4.39 Å². The smallest absolute Gasteiger partial charge is 0.140 e. The lowest BCUT2D eigenvalue weighted by Gasteiger charge is -2.04. The van der Waals surface area contributed by atoms with Crippen molar-refractivity contribution in [1.29, 1.82) is 5.26 Å². The van der Waals surface area contributed by atoms with Crippen LogP contribution in [0.15, 0.2) is 34.1 Å². The highest BCUT2D eigenvalue weighted by atomic mass is 79.9. The van der Waals surface area contributed by atoms with Crippen molar-refractivity contribution < 1.29 is 4.39 Å². The van der Waals surface area contributed by atoms with Crippen LogP contribution in [0.2, 0.25) is 0 Å². The number of nitriles is 1. The Morgan fingerprint density at radius 1 is 1.33 bits per heavy atom. The summed E-state index contributed by atoms with van der Waals surface area (Å²) < 4.78 is 14.2. The summed E-state index contributed by atoms with van der Waals surface area (Å²) in [5.74, 6) is -0.469. The number of nitrogens with zero attached hydrogens (tertiary/aromatic N) is 1. The van der Waals surface area contributed by atoms with Crippen LogP contribution in [0.25, 0.3) is 0 Å². The second kappa shape index (κ2) is 6.10. The third-order valence-electron chi connectivity index (χ3n) is 2.40. The summed E-state index contributed by atoms with van der Waals surface area (Å²) in [4.78, 5) is 1.23. The largest absolute Gasteiger partial charge is 0.308 e. The molecule has 0 spiro atoms. The summed E-state index contributed by atoms with van der Waals surface area (Å²) in [5.41, 5.74) is 0.997. The summed E-state index contributed by atoms with van der Waals surface area (Å²) in [7, 11) is 0. The number of hydrogen-bond acceptors (Lipinski definition) is 3. The third kappa shape index (κ3) is 3.39. The van der Waals surface area contributed by atoms with Gasteiger partial charge in [0.2, 0.25) is 0 Å². The highest BCUT2D eigenvalue weighted by molar-refractivity contribution is 9.10. The van der Waals surface area contributed by atoms with Crippen molar-refractivity contribution in [3.05, 3.63) is 55.9 Å². The fourth-order valence-electron chi connectivity index (χ4n) is 1.54. The average molecular weight is 325 g/mol. The van der Waals surface area contributed by atoms with Crippen LogP contribution in [0.4, 0.5) is 4.39 Å². The Balaban J connectivity index is 1.93. The van der Waals surface area contributed by atoms with E-state index in [1.54, 1.807) is 23.5 Å². The van der Waals surface area contributed by atoms with Gasteiger partial charge in [0, 0.05) is 27.8 Å². The van der Waals surface area contributed by atoms with Gasteiger partial charge in [-0.2, -0.15) is 5.26 Å². The molecule has 2 rings (SSSR count).